The molecule has 4 nitrogen and oxygen atoms in total. The van der Waals surface area contributed by atoms with Crippen molar-refractivity contribution in [3.05, 3.63) is 0 Å². The van der Waals surface area contributed by atoms with E-state index in [0.717, 1.165) is 32.2 Å². The van der Waals surface area contributed by atoms with Gasteiger partial charge in [-0.2, -0.15) is 0 Å². The van der Waals surface area contributed by atoms with E-state index in [4.69, 9.17) is 5.11 Å². The third-order valence-corrected chi connectivity index (χ3v) is 3.93. The van der Waals surface area contributed by atoms with Crippen molar-refractivity contribution < 1.29 is 9.90 Å². The number of carbonyl (C=O) groups is 1. The average Bonchev–Trinajstić information content (AvgIpc) is 2.38. The van der Waals surface area contributed by atoms with Crippen LogP contribution >= 0.6 is 0 Å². The molecule has 106 valence electrons. The first kappa shape index (κ1) is 15.4. The smallest absolute Gasteiger partial charge is 0.304 e. The normalized spacial score (nSPS) is 19.9. The summed E-state index contributed by atoms with van der Waals surface area (Å²) in [5, 5.41) is 8.68. The highest BCUT2D eigenvalue weighted by Crippen LogP contribution is 2.15. The Bertz CT molecular complexity index is 238. The Morgan fingerprint density at radius 1 is 1.22 bits per heavy atom. The fourth-order valence-corrected chi connectivity index (χ4v) is 2.69. The van der Waals surface area contributed by atoms with E-state index in [2.05, 4.69) is 23.6 Å². The highest BCUT2D eigenvalue weighted by atomic mass is 16.4. The summed E-state index contributed by atoms with van der Waals surface area (Å²) < 4.78 is 0. The van der Waals surface area contributed by atoms with Gasteiger partial charge >= 0.3 is 5.97 Å². The summed E-state index contributed by atoms with van der Waals surface area (Å²) >= 11 is 0. The number of aliphatic carboxylic acids is 1. The molecule has 1 fully saturated rings. The van der Waals surface area contributed by atoms with E-state index < -0.39 is 5.97 Å². The van der Waals surface area contributed by atoms with Gasteiger partial charge in [0.1, 0.15) is 0 Å². The molecule has 1 aliphatic rings. The van der Waals surface area contributed by atoms with Crippen LogP contribution in [0.1, 0.15) is 46.0 Å². The highest BCUT2D eigenvalue weighted by Gasteiger charge is 2.22. The molecule has 1 aliphatic heterocycles. The van der Waals surface area contributed by atoms with Crippen LogP contribution in [0.5, 0.6) is 0 Å². The molecular weight excluding hydrogens is 228 g/mol. The van der Waals surface area contributed by atoms with E-state index in [1.807, 2.05) is 0 Å². The Labute approximate surface area is 111 Å². The molecule has 0 amide bonds. The Hall–Kier alpha value is -0.610. The Morgan fingerprint density at radius 2 is 1.89 bits per heavy atom. The SMILES string of the molecule is CCCCC(CC)N1CCN(CCC(=O)O)CC1. The molecule has 0 bridgehead atoms. The third-order valence-electron chi connectivity index (χ3n) is 3.93. The van der Waals surface area contributed by atoms with Gasteiger partial charge in [-0.05, 0) is 12.8 Å². The van der Waals surface area contributed by atoms with E-state index in [0.29, 0.717) is 6.54 Å². The van der Waals surface area contributed by atoms with Gasteiger partial charge in [-0.3, -0.25) is 9.69 Å². The summed E-state index contributed by atoms with van der Waals surface area (Å²) in [7, 11) is 0. The highest BCUT2D eigenvalue weighted by molar-refractivity contribution is 5.66. The number of hydrogen-bond donors (Lipinski definition) is 1. The van der Waals surface area contributed by atoms with E-state index >= 15 is 0 Å². The Morgan fingerprint density at radius 3 is 2.39 bits per heavy atom. The minimum atomic E-state index is -0.688. The van der Waals surface area contributed by atoms with Crippen LogP contribution in [0.3, 0.4) is 0 Å². The summed E-state index contributed by atoms with van der Waals surface area (Å²) in [4.78, 5) is 15.4. The molecule has 18 heavy (non-hydrogen) atoms. The van der Waals surface area contributed by atoms with Crippen molar-refractivity contribution in [3.63, 3.8) is 0 Å². The number of carboxylic acids is 1. The van der Waals surface area contributed by atoms with Crippen LogP contribution in [0.4, 0.5) is 0 Å². The van der Waals surface area contributed by atoms with Gasteiger partial charge in [0.15, 0.2) is 0 Å². The van der Waals surface area contributed by atoms with Crippen LogP contribution in [0.15, 0.2) is 0 Å². The number of rotatable bonds is 8. The van der Waals surface area contributed by atoms with Gasteiger partial charge in [-0.25, -0.2) is 0 Å². The van der Waals surface area contributed by atoms with E-state index in [1.165, 1.54) is 25.7 Å². The minimum absolute atomic E-state index is 0.271. The standard InChI is InChI=1S/C14H28N2O2/c1-3-5-6-13(4-2)16-11-9-15(10-12-16)8-7-14(17)18/h13H,3-12H2,1-2H3,(H,17,18). The van der Waals surface area contributed by atoms with Crippen LogP contribution in [0.2, 0.25) is 0 Å². The maximum absolute atomic E-state index is 10.5. The minimum Gasteiger partial charge on any atom is -0.481 e. The maximum atomic E-state index is 10.5. The van der Waals surface area contributed by atoms with Gasteiger partial charge in [-0.1, -0.05) is 26.7 Å². The molecule has 1 saturated heterocycles. The van der Waals surface area contributed by atoms with Crippen LogP contribution < -0.4 is 0 Å². The van der Waals surface area contributed by atoms with Gasteiger partial charge in [-0.15, -0.1) is 0 Å². The van der Waals surface area contributed by atoms with E-state index in [9.17, 15) is 4.79 Å². The lowest BCUT2D eigenvalue weighted by molar-refractivity contribution is -0.137. The lowest BCUT2D eigenvalue weighted by atomic mass is 10.0. The fourth-order valence-electron chi connectivity index (χ4n) is 2.69. The zero-order chi connectivity index (χ0) is 13.4. The molecule has 1 heterocycles. The quantitative estimate of drug-likeness (QED) is 0.722. The molecule has 0 aromatic rings. The van der Waals surface area contributed by atoms with Crippen molar-refractivity contribution in [2.75, 3.05) is 32.7 Å². The zero-order valence-corrected chi connectivity index (χ0v) is 11.9. The van der Waals surface area contributed by atoms with Crippen molar-refractivity contribution in [2.24, 2.45) is 0 Å². The average molecular weight is 256 g/mol. The van der Waals surface area contributed by atoms with Gasteiger partial charge in [0.2, 0.25) is 0 Å². The summed E-state index contributed by atoms with van der Waals surface area (Å²) in [5.74, 6) is -0.688. The summed E-state index contributed by atoms with van der Waals surface area (Å²) in [5.41, 5.74) is 0. The van der Waals surface area contributed by atoms with Gasteiger partial charge in [0.25, 0.3) is 0 Å². The summed E-state index contributed by atoms with van der Waals surface area (Å²) in [6, 6.07) is 0.728. The second-order valence-corrected chi connectivity index (χ2v) is 5.23. The van der Waals surface area contributed by atoms with Crippen LogP contribution in [0.25, 0.3) is 0 Å². The topological polar surface area (TPSA) is 43.8 Å². The molecule has 1 N–H and O–H groups in total. The maximum Gasteiger partial charge on any atom is 0.304 e. The number of piperazine rings is 1. The van der Waals surface area contributed by atoms with Crippen LogP contribution in [0, 0.1) is 0 Å². The first-order chi connectivity index (χ1) is 8.67. The molecule has 0 saturated carbocycles. The van der Waals surface area contributed by atoms with Crippen molar-refractivity contribution in [1.29, 1.82) is 0 Å². The molecule has 0 aromatic heterocycles. The molecule has 1 unspecified atom stereocenters. The first-order valence-electron chi connectivity index (χ1n) is 7.35. The largest absolute Gasteiger partial charge is 0.481 e. The van der Waals surface area contributed by atoms with Crippen molar-refractivity contribution in [3.8, 4) is 0 Å². The summed E-state index contributed by atoms with van der Waals surface area (Å²) in [6.07, 6.45) is 5.40. The van der Waals surface area contributed by atoms with E-state index in [1.54, 1.807) is 0 Å². The zero-order valence-electron chi connectivity index (χ0n) is 11.9. The van der Waals surface area contributed by atoms with Crippen molar-refractivity contribution >= 4 is 5.97 Å². The van der Waals surface area contributed by atoms with Crippen molar-refractivity contribution in [1.82, 2.24) is 9.80 Å². The summed E-state index contributed by atoms with van der Waals surface area (Å²) in [6.45, 7) is 9.47. The van der Waals surface area contributed by atoms with Crippen molar-refractivity contribution in [2.45, 2.75) is 52.0 Å². The third kappa shape index (κ3) is 5.36. The Balaban J connectivity index is 2.26. The molecule has 0 spiro atoms. The molecule has 1 atom stereocenters. The number of nitrogens with zero attached hydrogens (tertiary/aromatic N) is 2. The number of hydrogen-bond acceptors (Lipinski definition) is 3. The lowest BCUT2D eigenvalue weighted by Crippen LogP contribution is -2.50. The molecular formula is C14H28N2O2. The Kier molecular flexibility index (Phi) is 7.28. The van der Waals surface area contributed by atoms with E-state index in [-0.39, 0.29) is 6.42 Å². The van der Waals surface area contributed by atoms with Gasteiger partial charge < -0.3 is 10.0 Å². The number of carboxylic acid groups (broad SMARTS) is 1. The first-order valence-corrected chi connectivity index (χ1v) is 7.35. The molecule has 0 radical (unpaired) electrons. The molecule has 1 rings (SSSR count). The molecule has 4 heteroatoms. The second-order valence-electron chi connectivity index (χ2n) is 5.23. The predicted octanol–water partition coefficient (Wildman–Crippen LogP) is 2.05. The van der Waals surface area contributed by atoms with Crippen LogP contribution in [-0.2, 0) is 4.79 Å². The predicted molar refractivity (Wildman–Crippen MR) is 73.9 cm³/mol. The van der Waals surface area contributed by atoms with Gasteiger partial charge in [0.05, 0.1) is 6.42 Å². The lowest BCUT2D eigenvalue weighted by Gasteiger charge is -2.39. The molecule has 0 aromatic carbocycles. The second kappa shape index (κ2) is 8.48. The van der Waals surface area contributed by atoms with Crippen LogP contribution in [-0.4, -0.2) is 59.6 Å². The molecule has 0 aliphatic carbocycles. The monoisotopic (exact) mass is 256 g/mol. The van der Waals surface area contributed by atoms with Gasteiger partial charge in [0, 0.05) is 38.8 Å². The number of unbranched alkanes of at least 4 members (excludes halogenated alkanes) is 1. The fraction of sp³-hybridized carbons (Fsp3) is 0.929.